The molecule has 0 spiro atoms. The molecule has 0 aliphatic carbocycles. The van der Waals surface area contributed by atoms with Gasteiger partial charge in [0.2, 0.25) is 0 Å². The zero-order valence-corrected chi connectivity index (χ0v) is 7.94. The first-order valence-electron chi connectivity index (χ1n) is 4.22. The van der Waals surface area contributed by atoms with E-state index in [0.29, 0.717) is 0 Å². The lowest BCUT2D eigenvalue weighted by Gasteiger charge is -2.31. The van der Waals surface area contributed by atoms with E-state index in [-0.39, 0.29) is 6.54 Å². The van der Waals surface area contributed by atoms with Crippen LogP contribution in [0.25, 0.3) is 0 Å². The molecule has 82 valence electrons. The van der Waals surface area contributed by atoms with Crippen LogP contribution < -0.4 is 5.32 Å². The predicted molar refractivity (Wildman–Crippen MR) is 42.5 cm³/mol. The van der Waals surface area contributed by atoms with Crippen molar-refractivity contribution in [3.05, 3.63) is 0 Å². The molecule has 0 aromatic carbocycles. The van der Waals surface area contributed by atoms with Crippen LogP contribution in [0, 0.1) is 11.3 Å². The Morgan fingerprint density at radius 3 is 2.43 bits per heavy atom. The Balaban J connectivity index is 3.08. The minimum absolute atomic E-state index is 0.175. The number of rotatable bonds is 1. The van der Waals surface area contributed by atoms with E-state index in [1.807, 2.05) is 0 Å². The third kappa shape index (κ3) is 1.37. The van der Waals surface area contributed by atoms with Crippen LogP contribution in [0.15, 0.2) is 0 Å². The molecule has 0 saturated carbocycles. The zero-order chi connectivity index (χ0) is 11.0. The summed E-state index contributed by atoms with van der Waals surface area (Å²) in [6, 6.07) is 0. The van der Waals surface area contributed by atoms with Gasteiger partial charge in [-0.25, -0.2) is 0 Å². The van der Waals surface area contributed by atoms with Gasteiger partial charge in [0, 0.05) is 6.54 Å². The van der Waals surface area contributed by atoms with Crippen molar-refractivity contribution in [1.29, 1.82) is 0 Å². The van der Waals surface area contributed by atoms with Crippen LogP contribution in [0.4, 0.5) is 13.2 Å². The van der Waals surface area contributed by atoms with Crippen LogP contribution in [-0.2, 0) is 9.53 Å². The average Bonchev–Trinajstić information content (AvgIpc) is 2.45. The molecular formula is C8H12F3NO2. The van der Waals surface area contributed by atoms with Crippen molar-refractivity contribution >= 4 is 5.97 Å². The van der Waals surface area contributed by atoms with Crippen molar-refractivity contribution < 1.29 is 22.7 Å². The van der Waals surface area contributed by atoms with Gasteiger partial charge in [0.05, 0.1) is 7.11 Å². The van der Waals surface area contributed by atoms with Gasteiger partial charge in [-0.2, -0.15) is 13.2 Å². The molecule has 1 saturated heterocycles. The Hall–Kier alpha value is -0.780. The molecule has 0 aromatic rings. The molecule has 0 bridgehead atoms. The Bertz CT molecular complexity index is 241. The average molecular weight is 211 g/mol. The first-order chi connectivity index (χ1) is 6.36. The van der Waals surface area contributed by atoms with E-state index in [2.05, 4.69) is 10.1 Å². The lowest BCUT2D eigenvalue weighted by molar-refractivity contribution is -0.237. The second-order valence-corrected chi connectivity index (χ2v) is 3.49. The SMILES string of the molecule is COC(=O)[C@@]1(C(F)(F)F)CNC[C@@H]1C. The Labute approximate surface area is 79.6 Å². The minimum atomic E-state index is -4.57. The van der Waals surface area contributed by atoms with Crippen LogP contribution in [0.2, 0.25) is 0 Å². The molecule has 1 rings (SSSR count). The topological polar surface area (TPSA) is 38.3 Å². The number of alkyl halides is 3. The highest BCUT2D eigenvalue weighted by Crippen LogP contribution is 2.47. The molecule has 0 unspecified atom stereocenters. The fourth-order valence-corrected chi connectivity index (χ4v) is 1.79. The number of methoxy groups -OCH3 is 1. The Morgan fingerprint density at radius 2 is 2.14 bits per heavy atom. The molecule has 1 fully saturated rings. The second kappa shape index (κ2) is 3.42. The fourth-order valence-electron chi connectivity index (χ4n) is 1.79. The largest absolute Gasteiger partial charge is 0.468 e. The van der Waals surface area contributed by atoms with E-state index in [1.165, 1.54) is 6.92 Å². The molecule has 1 aliphatic rings. The van der Waals surface area contributed by atoms with Crippen molar-refractivity contribution in [3.8, 4) is 0 Å². The van der Waals surface area contributed by atoms with Gasteiger partial charge >= 0.3 is 12.1 Å². The van der Waals surface area contributed by atoms with Crippen LogP contribution in [0.1, 0.15) is 6.92 Å². The highest BCUT2D eigenvalue weighted by molar-refractivity contribution is 5.79. The first-order valence-corrected chi connectivity index (χ1v) is 4.22. The van der Waals surface area contributed by atoms with Crippen molar-refractivity contribution in [2.45, 2.75) is 13.1 Å². The smallest absolute Gasteiger partial charge is 0.406 e. The molecule has 0 aromatic heterocycles. The van der Waals surface area contributed by atoms with Crippen molar-refractivity contribution in [3.63, 3.8) is 0 Å². The summed E-state index contributed by atoms with van der Waals surface area (Å²) in [5.41, 5.74) is -2.37. The maximum atomic E-state index is 12.8. The Kier molecular flexibility index (Phi) is 2.76. The maximum absolute atomic E-state index is 12.8. The minimum Gasteiger partial charge on any atom is -0.468 e. The van der Waals surface area contributed by atoms with Gasteiger partial charge in [-0.05, 0) is 12.5 Å². The number of carbonyl (C=O) groups excluding carboxylic acids is 1. The highest BCUT2D eigenvalue weighted by atomic mass is 19.4. The first kappa shape index (κ1) is 11.3. The highest BCUT2D eigenvalue weighted by Gasteiger charge is 2.66. The Morgan fingerprint density at radius 1 is 1.57 bits per heavy atom. The molecular weight excluding hydrogens is 199 g/mol. The summed E-state index contributed by atoms with van der Waals surface area (Å²) in [5, 5.41) is 2.56. The summed E-state index contributed by atoms with van der Waals surface area (Å²) in [6.45, 7) is 1.17. The molecule has 0 amide bonds. The summed E-state index contributed by atoms with van der Waals surface area (Å²) in [5.74, 6) is -2.00. The van der Waals surface area contributed by atoms with Crippen LogP contribution in [-0.4, -0.2) is 32.3 Å². The van der Waals surface area contributed by atoms with Gasteiger partial charge in [0.25, 0.3) is 0 Å². The lowest BCUT2D eigenvalue weighted by Crippen LogP contribution is -2.50. The normalized spacial score (nSPS) is 33.1. The number of halogens is 3. The zero-order valence-electron chi connectivity index (χ0n) is 7.94. The standard InChI is InChI=1S/C8H12F3NO2/c1-5-3-12-4-7(5,6(13)14-2)8(9,10)11/h5,12H,3-4H2,1-2H3/t5-,7+/m0/s1. The van der Waals surface area contributed by atoms with Gasteiger partial charge < -0.3 is 10.1 Å². The number of hydrogen-bond donors (Lipinski definition) is 1. The van der Waals surface area contributed by atoms with E-state index in [1.54, 1.807) is 0 Å². The van der Waals surface area contributed by atoms with E-state index in [0.717, 1.165) is 7.11 Å². The maximum Gasteiger partial charge on any atom is 0.406 e. The van der Waals surface area contributed by atoms with E-state index in [9.17, 15) is 18.0 Å². The van der Waals surface area contributed by atoms with Gasteiger partial charge in [-0.15, -0.1) is 0 Å². The predicted octanol–water partition coefficient (Wildman–Crippen LogP) is 0.947. The molecule has 1 aliphatic heterocycles. The van der Waals surface area contributed by atoms with Crippen LogP contribution >= 0.6 is 0 Å². The molecule has 1 heterocycles. The molecule has 0 radical (unpaired) electrons. The van der Waals surface area contributed by atoms with Crippen molar-refractivity contribution in [2.24, 2.45) is 11.3 Å². The van der Waals surface area contributed by atoms with Gasteiger partial charge in [-0.3, -0.25) is 4.79 Å². The summed E-state index contributed by atoms with van der Waals surface area (Å²) in [7, 11) is 0.973. The summed E-state index contributed by atoms with van der Waals surface area (Å²) < 4.78 is 42.5. The molecule has 14 heavy (non-hydrogen) atoms. The van der Waals surface area contributed by atoms with Crippen LogP contribution in [0.5, 0.6) is 0 Å². The van der Waals surface area contributed by atoms with Crippen molar-refractivity contribution in [1.82, 2.24) is 5.32 Å². The third-order valence-electron chi connectivity index (χ3n) is 2.75. The molecule has 1 N–H and O–H groups in total. The second-order valence-electron chi connectivity index (χ2n) is 3.49. The monoisotopic (exact) mass is 211 g/mol. The fraction of sp³-hybridized carbons (Fsp3) is 0.875. The van der Waals surface area contributed by atoms with Crippen LogP contribution in [0.3, 0.4) is 0 Å². The number of ether oxygens (including phenoxy) is 1. The van der Waals surface area contributed by atoms with E-state index >= 15 is 0 Å². The summed E-state index contributed by atoms with van der Waals surface area (Å²) in [6.07, 6.45) is -4.57. The number of carbonyl (C=O) groups is 1. The van der Waals surface area contributed by atoms with Gasteiger partial charge in [0.1, 0.15) is 0 Å². The molecule has 6 heteroatoms. The third-order valence-corrected chi connectivity index (χ3v) is 2.75. The molecule has 3 nitrogen and oxygen atoms in total. The lowest BCUT2D eigenvalue weighted by atomic mass is 9.78. The summed E-state index contributed by atoms with van der Waals surface area (Å²) in [4.78, 5) is 11.2. The van der Waals surface area contributed by atoms with Gasteiger partial charge in [0.15, 0.2) is 5.41 Å². The number of esters is 1. The molecule has 2 atom stereocenters. The van der Waals surface area contributed by atoms with Gasteiger partial charge in [-0.1, -0.05) is 6.92 Å². The van der Waals surface area contributed by atoms with E-state index in [4.69, 9.17) is 0 Å². The number of hydrogen-bond acceptors (Lipinski definition) is 3. The van der Waals surface area contributed by atoms with E-state index < -0.39 is 30.0 Å². The summed E-state index contributed by atoms with van der Waals surface area (Å²) >= 11 is 0. The number of nitrogens with one attached hydrogen (secondary N) is 1. The quantitative estimate of drug-likeness (QED) is 0.656. The van der Waals surface area contributed by atoms with Crippen molar-refractivity contribution in [2.75, 3.05) is 20.2 Å².